The smallest absolute Gasteiger partial charge is 0.314 e. The number of carbonyl (C=O) groups is 2. The van der Waals surface area contributed by atoms with Gasteiger partial charge in [-0.15, -0.1) is 0 Å². The average molecular weight is 208 g/mol. The minimum Gasteiger partial charge on any atom is -0.508 e. The molecule has 1 atom stereocenters. The number of Topliss-reactive ketones (excluding diaryl/α,β-unsaturated/α-hetero) is 1. The van der Waals surface area contributed by atoms with Gasteiger partial charge in [0.25, 0.3) is 0 Å². The zero-order chi connectivity index (χ0) is 11.4. The molecule has 1 aromatic carbocycles. The Hall–Kier alpha value is -1.84. The fraction of sp³-hybridized carbons (Fsp3) is 0.273. The van der Waals surface area contributed by atoms with Gasteiger partial charge in [0.15, 0.2) is 0 Å². The molecule has 0 amide bonds. The molecule has 1 rings (SSSR count). The van der Waals surface area contributed by atoms with Crippen molar-refractivity contribution in [3.05, 3.63) is 29.8 Å². The second kappa shape index (κ2) is 4.59. The van der Waals surface area contributed by atoms with Gasteiger partial charge in [-0.3, -0.25) is 9.59 Å². The lowest BCUT2D eigenvalue weighted by Gasteiger charge is -2.08. The van der Waals surface area contributed by atoms with Crippen LogP contribution in [0, 0.1) is 5.92 Å². The lowest BCUT2D eigenvalue weighted by molar-refractivity contribution is -0.145. The molecule has 0 saturated heterocycles. The van der Waals surface area contributed by atoms with Crippen LogP contribution in [0.5, 0.6) is 5.75 Å². The quantitative estimate of drug-likeness (QED) is 0.729. The normalized spacial score (nSPS) is 12.1. The van der Waals surface area contributed by atoms with Crippen LogP contribution in [0.25, 0.3) is 0 Å². The van der Waals surface area contributed by atoms with Gasteiger partial charge in [0.2, 0.25) is 0 Å². The van der Waals surface area contributed by atoms with Gasteiger partial charge < -0.3 is 10.2 Å². The highest BCUT2D eigenvalue weighted by molar-refractivity contribution is 5.97. The summed E-state index contributed by atoms with van der Waals surface area (Å²) in [5.74, 6) is -2.37. The Morgan fingerprint density at radius 3 is 2.20 bits per heavy atom. The SMILES string of the molecule is CC(=O)C(Cc1ccc(O)cc1)C(=O)O. The van der Waals surface area contributed by atoms with Crippen LogP contribution in [0.3, 0.4) is 0 Å². The van der Waals surface area contributed by atoms with Crippen molar-refractivity contribution in [1.29, 1.82) is 0 Å². The minimum absolute atomic E-state index is 0.119. The third-order valence-corrected chi connectivity index (χ3v) is 2.16. The van der Waals surface area contributed by atoms with E-state index in [4.69, 9.17) is 10.2 Å². The Kier molecular flexibility index (Phi) is 3.44. The molecule has 15 heavy (non-hydrogen) atoms. The van der Waals surface area contributed by atoms with Crippen molar-refractivity contribution in [1.82, 2.24) is 0 Å². The summed E-state index contributed by atoms with van der Waals surface area (Å²) in [6, 6.07) is 6.14. The first-order valence-corrected chi connectivity index (χ1v) is 4.52. The summed E-state index contributed by atoms with van der Waals surface area (Å²) in [6.07, 6.45) is 0.158. The van der Waals surface area contributed by atoms with Gasteiger partial charge in [0.05, 0.1) is 0 Å². The minimum atomic E-state index is -1.12. The van der Waals surface area contributed by atoms with Crippen LogP contribution in [0.2, 0.25) is 0 Å². The highest BCUT2D eigenvalue weighted by Crippen LogP contribution is 2.14. The van der Waals surface area contributed by atoms with E-state index in [1.165, 1.54) is 19.1 Å². The van der Waals surface area contributed by atoms with E-state index < -0.39 is 11.9 Å². The number of benzene rings is 1. The average Bonchev–Trinajstić information content (AvgIpc) is 2.15. The van der Waals surface area contributed by atoms with Crippen LogP contribution >= 0.6 is 0 Å². The number of hydrogen-bond donors (Lipinski definition) is 2. The second-order valence-electron chi connectivity index (χ2n) is 3.37. The maximum absolute atomic E-state index is 11.0. The third-order valence-electron chi connectivity index (χ3n) is 2.16. The van der Waals surface area contributed by atoms with E-state index in [1.54, 1.807) is 12.1 Å². The molecule has 4 heteroatoms. The number of rotatable bonds is 4. The first-order chi connectivity index (χ1) is 7.00. The lowest BCUT2D eigenvalue weighted by atomic mass is 9.96. The Morgan fingerprint density at radius 2 is 1.80 bits per heavy atom. The van der Waals surface area contributed by atoms with Gasteiger partial charge >= 0.3 is 5.97 Å². The summed E-state index contributed by atoms with van der Waals surface area (Å²) < 4.78 is 0. The predicted molar refractivity (Wildman–Crippen MR) is 53.6 cm³/mol. The first kappa shape index (κ1) is 11.2. The molecule has 4 nitrogen and oxygen atoms in total. The van der Waals surface area contributed by atoms with Crippen LogP contribution in [0.1, 0.15) is 12.5 Å². The van der Waals surface area contributed by atoms with E-state index in [0.29, 0.717) is 0 Å². The number of hydrogen-bond acceptors (Lipinski definition) is 3. The number of phenolic OH excluding ortho intramolecular Hbond substituents is 1. The van der Waals surface area contributed by atoms with Crippen molar-refractivity contribution in [2.45, 2.75) is 13.3 Å². The number of ketones is 1. The highest BCUT2D eigenvalue weighted by Gasteiger charge is 2.22. The van der Waals surface area contributed by atoms with Gasteiger partial charge in [-0.2, -0.15) is 0 Å². The molecule has 80 valence electrons. The van der Waals surface area contributed by atoms with Gasteiger partial charge in [0, 0.05) is 0 Å². The van der Waals surface area contributed by atoms with Gasteiger partial charge in [-0.1, -0.05) is 12.1 Å². The molecule has 0 radical (unpaired) electrons. The molecule has 1 unspecified atom stereocenters. The molecule has 0 aliphatic heterocycles. The number of phenols is 1. The highest BCUT2D eigenvalue weighted by atomic mass is 16.4. The standard InChI is InChI=1S/C11H12O4/c1-7(12)10(11(14)15)6-8-2-4-9(13)5-3-8/h2-5,10,13H,6H2,1H3,(H,14,15). The fourth-order valence-electron chi connectivity index (χ4n) is 1.27. The molecule has 0 heterocycles. The van der Waals surface area contributed by atoms with Crippen molar-refractivity contribution in [2.24, 2.45) is 5.92 Å². The zero-order valence-corrected chi connectivity index (χ0v) is 8.30. The molecule has 0 fully saturated rings. The summed E-state index contributed by atoms with van der Waals surface area (Å²) >= 11 is 0. The topological polar surface area (TPSA) is 74.6 Å². The van der Waals surface area contributed by atoms with Crippen LogP contribution in [-0.4, -0.2) is 22.0 Å². The molecule has 0 bridgehead atoms. The van der Waals surface area contributed by atoms with Crippen molar-refractivity contribution in [3.8, 4) is 5.75 Å². The van der Waals surface area contributed by atoms with E-state index in [0.717, 1.165) is 5.56 Å². The molecule has 0 saturated carbocycles. The molecular weight excluding hydrogens is 196 g/mol. The molecule has 0 spiro atoms. The summed E-state index contributed by atoms with van der Waals surface area (Å²) in [5.41, 5.74) is 0.718. The summed E-state index contributed by atoms with van der Waals surface area (Å²) in [4.78, 5) is 21.8. The molecule has 2 N–H and O–H groups in total. The summed E-state index contributed by atoms with van der Waals surface area (Å²) in [7, 11) is 0. The number of carboxylic acids is 1. The predicted octanol–water partition coefficient (Wildman–Crippen LogP) is 1.22. The third kappa shape index (κ3) is 3.09. The molecule has 1 aromatic rings. The van der Waals surface area contributed by atoms with E-state index >= 15 is 0 Å². The number of aromatic hydroxyl groups is 1. The summed E-state index contributed by atoms with van der Waals surface area (Å²) in [6.45, 7) is 1.26. The molecule has 0 aromatic heterocycles. The fourth-order valence-corrected chi connectivity index (χ4v) is 1.27. The number of carbonyl (C=O) groups excluding carboxylic acids is 1. The largest absolute Gasteiger partial charge is 0.508 e. The van der Waals surface area contributed by atoms with Crippen molar-refractivity contribution in [3.63, 3.8) is 0 Å². The Labute approximate surface area is 87.2 Å². The monoisotopic (exact) mass is 208 g/mol. The molecule has 0 aliphatic carbocycles. The van der Waals surface area contributed by atoms with Crippen molar-refractivity contribution < 1.29 is 19.8 Å². The maximum atomic E-state index is 11.0. The van der Waals surface area contributed by atoms with Gasteiger partial charge in [-0.25, -0.2) is 0 Å². The Morgan fingerprint density at radius 1 is 1.27 bits per heavy atom. The Bertz CT molecular complexity index is 353. The van der Waals surface area contributed by atoms with Crippen molar-refractivity contribution >= 4 is 11.8 Å². The lowest BCUT2D eigenvalue weighted by Crippen LogP contribution is -2.23. The zero-order valence-electron chi connectivity index (χ0n) is 8.30. The maximum Gasteiger partial charge on any atom is 0.314 e. The first-order valence-electron chi connectivity index (χ1n) is 4.52. The van der Waals surface area contributed by atoms with E-state index in [9.17, 15) is 9.59 Å². The molecular formula is C11H12O4. The van der Waals surface area contributed by atoms with Crippen LogP contribution in [-0.2, 0) is 16.0 Å². The van der Waals surface area contributed by atoms with Gasteiger partial charge in [-0.05, 0) is 31.0 Å². The number of carboxylic acid groups (broad SMARTS) is 1. The molecule has 0 aliphatic rings. The van der Waals surface area contributed by atoms with Crippen LogP contribution < -0.4 is 0 Å². The van der Waals surface area contributed by atoms with E-state index in [-0.39, 0.29) is 18.0 Å². The Balaban J connectivity index is 2.79. The van der Waals surface area contributed by atoms with E-state index in [1.807, 2.05) is 0 Å². The summed E-state index contributed by atoms with van der Waals surface area (Å²) in [5, 5.41) is 17.8. The van der Waals surface area contributed by atoms with Crippen molar-refractivity contribution in [2.75, 3.05) is 0 Å². The second-order valence-corrected chi connectivity index (χ2v) is 3.37. The number of aliphatic carboxylic acids is 1. The van der Waals surface area contributed by atoms with Crippen LogP contribution in [0.15, 0.2) is 24.3 Å². The van der Waals surface area contributed by atoms with Gasteiger partial charge in [0.1, 0.15) is 17.5 Å². The van der Waals surface area contributed by atoms with Crippen LogP contribution in [0.4, 0.5) is 0 Å². The van der Waals surface area contributed by atoms with E-state index in [2.05, 4.69) is 0 Å².